The normalized spacial score (nSPS) is 12.0. The molecule has 1 radical (unpaired) electrons. The van der Waals surface area contributed by atoms with E-state index >= 15 is 0 Å². The van der Waals surface area contributed by atoms with Gasteiger partial charge in [0, 0.05) is 13.3 Å². The molecule has 17 heavy (non-hydrogen) atoms. The maximum atomic E-state index is 10.9. The number of benzene rings is 1. The summed E-state index contributed by atoms with van der Waals surface area (Å²) in [5.41, 5.74) is 4.72. The predicted molar refractivity (Wildman–Crippen MR) is 67.7 cm³/mol. The summed E-state index contributed by atoms with van der Waals surface area (Å²) in [6, 6.07) is 3.54. The second kappa shape index (κ2) is 5.62. The molecule has 0 saturated carbocycles. The zero-order chi connectivity index (χ0) is 13.0. The lowest BCUT2D eigenvalue weighted by Crippen LogP contribution is -2.36. The Balaban J connectivity index is 2.87. The maximum absolute atomic E-state index is 10.9. The Hall–Kier alpha value is -1.64. The minimum absolute atomic E-state index is 0.209. The van der Waals surface area contributed by atoms with Gasteiger partial charge in [-0.25, -0.2) is 0 Å². The van der Waals surface area contributed by atoms with Crippen molar-refractivity contribution in [1.82, 2.24) is 5.32 Å². The largest absolute Gasteiger partial charge is 0.346 e. The molecule has 91 valence electrons. The molecule has 0 aliphatic rings. The SMILES string of the molecule is CC(=O)N[C@H]([C]=O)Cc1cc(C)c(C)c(C)c1. The first-order chi connectivity index (χ1) is 7.93. The number of carbonyl (C=O) groups excluding carboxylic acids is 2. The van der Waals surface area contributed by atoms with Crippen molar-refractivity contribution in [2.24, 2.45) is 0 Å². The highest BCUT2D eigenvalue weighted by atomic mass is 16.2. The van der Waals surface area contributed by atoms with E-state index in [-0.39, 0.29) is 5.91 Å². The number of hydrogen-bond donors (Lipinski definition) is 1. The third-order valence-electron chi connectivity index (χ3n) is 2.95. The molecule has 1 amide bonds. The summed E-state index contributed by atoms with van der Waals surface area (Å²) in [6.07, 6.45) is 2.34. The molecular formula is C14H18NO2. The van der Waals surface area contributed by atoms with Crippen LogP contribution in [0.15, 0.2) is 12.1 Å². The van der Waals surface area contributed by atoms with Crippen LogP contribution >= 0.6 is 0 Å². The lowest BCUT2D eigenvalue weighted by Gasteiger charge is -2.13. The van der Waals surface area contributed by atoms with Gasteiger partial charge in [0.25, 0.3) is 0 Å². The molecule has 1 aromatic rings. The van der Waals surface area contributed by atoms with Crippen molar-refractivity contribution in [3.63, 3.8) is 0 Å². The number of aryl methyl sites for hydroxylation is 2. The molecule has 0 heterocycles. The molecule has 0 fully saturated rings. The van der Waals surface area contributed by atoms with Gasteiger partial charge in [0.15, 0.2) is 0 Å². The average molecular weight is 232 g/mol. The van der Waals surface area contributed by atoms with Crippen LogP contribution in [0.25, 0.3) is 0 Å². The number of hydrogen-bond acceptors (Lipinski definition) is 2. The topological polar surface area (TPSA) is 46.2 Å². The van der Waals surface area contributed by atoms with Gasteiger partial charge in [0.05, 0.1) is 6.04 Å². The van der Waals surface area contributed by atoms with E-state index in [9.17, 15) is 9.59 Å². The smallest absolute Gasteiger partial charge is 0.223 e. The monoisotopic (exact) mass is 232 g/mol. The Labute approximate surface area is 102 Å². The lowest BCUT2D eigenvalue weighted by atomic mass is 9.97. The summed E-state index contributed by atoms with van der Waals surface area (Å²) >= 11 is 0. The minimum Gasteiger partial charge on any atom is -0.346 e. The quantitative estimate of drug-likeness (QED) is 0.860. The van der Waals surface area contributed by atoms with Crippen LogP contribution in [0.5, 0.6) is 0 Å². The molecule has 0 saturated heterocycles. The first-order valence-electron chi connectivity index (χ1n) is 5.65. The summed E-state index contributed by atoms with van der Waals surface area (Å²) in [5.74, 6) is -0.209. The van der Waals surface area contributed by atoms with Crippen LogP contribution in [-0.4, -0.2) is 18.2 Å². The van der Waals surface area contributed by atoms with Crippen molar-refractivity contribution in [3.05, 3.63) is 34.4 Å². The van der Waals surface area contributed by atoms with Crippen molar-refractivity contribution in [2.45, 2.75) is 40.2 Å². The number of carbonyl (C=O) groups is 1. The molecule has 0 spiro atoms. The fraction of sp³-hybridized carbons (Fsp3) is 0.429. The summed E-state index contributed by atoms with van der Waals surface area (Å²) in [5, 5.41) is 2.57. The zero-order valence-corrected chi connectivity index (χ0v) is 10.8. The predicted octanol–water partition coefficient (Wildman–Crippen LogP) is 1.77. The molecule has 3 heteroatoms. The van der Waals surface area contributed by atoms with Crippen LogP contribution in [0.1, 0.15) is 29.2 Å². The fourth-order valence-electron chi connectivity index (χ4n) is 1.85. The van der Waals surface area contributed by atoms with Crippen LogP contribution in [0.4, 0.5) is 0 Å². The standard InChI is InChI=1S/C14H18NO2/c1-9-5-13(6-10(2)11(9)3)7-14(8-16)15-12(4)17/h5-6,14H,7H2,1-4H3,(H,15,17)/t14-/m0/s1. The molecule has 1 aromatic carbocycles. The molecule has 0 bridgehead atoms. The van der Waals surface area contributed by atoms with E-state index in [1.807, 2.05) is 20.1 Å². The van der Waals surface area contributed by atoms with Crippen LogP contribution in [0.3, 0.4) is 0 Å². The Morgan fingerprint density at radius 2 is 1.82 bits per heavy atom. The molecule has 0 aliphatic heterocycles. The van der Waals surface area contributed by atoms with E-state index in [1.165, 1.54) is 23.6 Å². The van der Waals surface area contributed by atoms with Crippen LogP contribution < -0.4 is 5.32 Å². The average Bonchev–Trinajstić information content (AvgIpc) is 2.24. The Morgan fingerprint density at radius 3 is 2.24 bits per heavy atom. The first-order valence-corrected chi connectivity index (χ1v) is 5.65. The summed E-state index contributed by atoms with van der Waals surface area (Å²) < 4.78 is 0. The van der Waals surface area contributed by atoms with E-state index in [4.69, 9.17) is 0 Å². The first kappa shape index (κ1) is 13.4. The van der Waals surface area contributed by atoms with Gasteiger partial charge in [-0.3, -0.25) is 9.59 Å². The number of nitrogens with one attached hydrogen (secondary N) is 1. The van der Waals surface area contributed by atoms with E-state index in [2.05, 4.69) is 24.4 Å². The van der Waals surface area contributed by atoms with Gasteiger partial charge >= 0.3 is 0 Å². The van der Waals surface area contributed by atoms with E-state index < -0.39 is 6.04 Å². The lowest BCUT2D eigenvalue weighted by molar-refractivity contribution is -0.119. The van der Waals surface area contributed by atoms with Crippen LogP contribution in [-0.2, 0) is 16.0 Å². The van der Waals surface area contributed by atoms with Crippen LogP contribution in [0, 0.1) is 20.8 Å². The van der Waals surface area contributed by atoms with Crippen molar-refractivity contribution < 1.29 is 9.59 Å². The number of rotatable bonds is 4. The highest BCUT2D eigenvalue weighted by molar-refractivity contribution is 5.77. The third kappa shape index (κ3) is 3.70. The fourth-order valence-corrected chi connectivity index (χ4v) is 1.85. The van der Waals surface area contributed by atoms with Crippen molar-refractivity contribution in [3.8, 4) is 0 Å². The Kier molecular flexibility index (Phi) is 4.44. The molecular weight excluding hydrogens is 214 g/mol. The van der Waals surface area contributed by atoms with Crippen molar-refractivity contribution in [2.75, 3.05) is 0 Å². The molecule has 0 aliphatic carbocycles. The number of amides is 1. The third-order valence-corrected chi connectivity index (χ3v) is 2.95. The van der Waals surface area contributed by atoms with Crippen LogP contribution in [0.2, 0.25) is 0 Å². The summed E-state index contributed by atoms with van der Waals surface area (Å²) in [6.45, 7) is 7.56. The maximum Gasteiger partial charge on any atom is 0.223 e. The van der Waals surface area contributed by atoms with E-state index in [0.29, 0.717) is 6.42 Å². The molecule has 3 nitrogen and oxygen atoms in total. The second-order valence-electron chi connectivity index (χ2n) is 4.43. The minimum atomic E-state index is -0.561. The molecule has 1 atom stereocenters. The Bertz CT molecular complexity index is 415. The molecule has 0 aromatic heterocycles. The summed E-state index contributed by atoms with van der Waals surface area (Å²) in [4.78, 5) is 21.6. The molecule has 1 N–H and O–H groups in total. The van der Waals surface area contributed by atoms with Crippen molar-refractivity contribution in [1.29, 1.82) is 0 Å². The highest BCUT2D eigenvalue weighted by Gasteiger charge is 2.11. The molecule has 0 unspecified atom stereocenters. The van der Waals surface area contributed by atoms with Gasteiger partial charge in [0.1, 0.15) is 0 Å². The van der Waals surface area contributed by atoms with Gasteiger partial charge in [-0.1, -0.05) is 12.1 Å². The van der Waals surface area contributed by atoms with Gasteiger partial charge in [0.2, 0.25) is 12.2 Å². The summed E-state index contributed by atoms with van der Waals surface area (Å²) in [7, 11) is 0. The Morgan fingerprint density at radius 1 is 1.29 bits per heavy atom. The van der Waals surface area contributed by atoms with Gasteiger partial charge in [-0.2, -0.15) is 0 Å². The van der Waals surface area contributed by atoms with E-state index in [1.54, 1.807) is 0 Å². The van der Waals surface area contributed by atoms with Crippen molar-refractivity contribution >= 4 is 12.2 Å². The van der Waals surface area contributed by atoms with E-state index in [0.717, 1.165) is 5.56 Å². The molecule has 1 rings (SSSR count). The van der Waals surface area contributed by atoms with Gasteiger partial charge < -0.3 is 5.32 Å². The van der Waals surface area contributed by atoms with Gasteiger partial charge in [-0.05, 0) is 43.0 Å². The zero-order valence-electron chi connectivity index (χ0n) is 10.8. The highest BCUT2D eigenvalue weighted by Crippen LogP contribution is 2.16. The van der Waals surface area contributed by atoms with Gasteiger partial charge in [-0.15, -0.1) is 0 Å². The second-order valence-corrected chi connectivity index (χ2v) is 4.43.